The van der Waals surface area contributed by atoms with E-state index in [1.807, 2.05) is 24.3 Å². The Balaban J connectivity index is 0.00000201. The molecule has 5 heteroatoms. The number of hydrogen-bond acceptors (Lipinski definition) is 0. The normalized spacial score (nSPS) is 19.3. The zero-order valence-electron chi connectivity index (χ0n) is 28.4. The van der Waals surface area contributed by atoms with E-state index < -0.39 is 18.3 Å². The Morgan fingerprint density at radius 2 is 1.25 bits per heavy atom. The molecule has 0 amide bonds. The minimum atomic E-state index is -5.11. The molecular weight excluding hydrogens is 717 g/mol. The van der Waals surface area contributed by atoms with Crippen LogP contribution >= 0.6 is 24.8 Å². The molecule has 0 saturated heterocycles. The Morgan fingerprint density at radius 3 is 1.77 bits per heavy atom. The molecule has 0 fully saturated rings. The van der Waals surface area contributed by atoms with Crippen LogP contribution in [-0.4, -0.2) is 4.21 Å². The third-order valence-corrected chi connectivity index (χ3v) is 29.1. The molecule has 0 N–H and O–H groups in total. The maximum atomic E-state index is 14.6. The molecule has 48 heavy (non-hydrogen) atoms. The number of allylic oxidation sites excluding steroid dienone is 6. The van der Waals surface area contributed by atoms with Gasteiger partial charge in [-0.15, -0.1) is 24.8 Å². The van der Waals surface area contributed by atoms with Crippen molar-refractivity contribution < 1.29 is 27.1 Å². The fourth-order valence-corrected chi connectivity index (χ4v) is 27.7. The number of hydrogen-bond donors (Lipinski definition) is 0. The SMILES string of the molecule is Cl.Cl.[CH2]=[Zr]([C]1=CC(C)=CC1C)([C]1=Cc2cc3c(cc2C1(C)C)Cc1cc2c(cc1-3)C=CC2(C)C)([c]1ccc(F)cc1)[c]1ccc(F)cc1. The summed E-state index contributed by atoms with van der Waals surface area (Å²) in [6.07, 6.45) is 12.6. The quantitative estimate of drug-likeness (QED) is 0.171. The van der Waals surface area contributed by atoms with Gasteiger partial charge in [0.15, 0.2) is 0 Å². The molecule has 0 heterocycles. The molecular formula is C43H42Cl2F2Zr. The molecule has 0 nitrogen and oxygen atoms in total. The van der Waals surface area contributed by atoms with E-state index in [1.165, 1.54) is 56.6 Å². The molecule has 8 rings (SSSR count). The van der Waals surface area contributed by atoms with Gasteiger partial charge >= 0.3 is 274 Å². The van der Waals surface area contributed by atoms with Gasteiger partial charge in [-0.2, -0.15) is 0 Å². The van der Waals surface area contributed by atoms with E-state index in [4.69, 9.17) is 4.21 Å². The summed E-state index contributed by atoms with van der Waals surface area (Å²) >= 11 is -5.11. The van der Waals surface area contributed by atoms with Gasteiger partial charge in [-0.25, -0.2) is 0 Å². The first-order chi connectivity index (χ1) is 21.7. The number of benzene rings is 4. The van der Waals surface area contributed by atoms with Gasteiger partial charge in [-0.3, -0.25) is 0 Å². The van der Waals surface area contributed by atoms with Crippen molar-refractivity contribution in [2.45, 2.75) is 58.8 Å². The summed E-state index contributed by atoms with van der Waals surface area (Å²) in [5.74, 6) is -0.385. The van der Waals surface area contributed by atoms with Crippen LogP contribution < -0.4 is 6.54 Å². The van der Waals surface area contributed by atoms with Crippen molar-refractivity contribution >= 4 is 47.7 Å². The maximum absolute atomic E-state index is 14.6. The fraction of sp³-hybridized carbons (Fsp3) is 0.233. The molecule has 0 radical (unpaired) electrons. The Kier molecular flexibility index (Phi) is 8.19. The summed E-state index contributed by atoms with van der Waals surface area (Å²) in [5.41, 5.74) is 11.6. The molecule has 0 aliphatic heterocycles. The van der Waals surface area contributed by atoms with Crippen LogP contribution in [0.25, 0.3) is 23.3 Å². The van der Waals surface area contributed by atoms with E-state index in [2.05, 4.69) is 96.2 Å². The first-order valence-corrected chi connectivity index (χ1v) is 23.1. The summed E-state index contributed by atoms with van der Waals surface area (Å²) in [4.78, 5) is 0. The second kappa shape index (κ2) is 11.3. The van der Waals surface area contributed by atoms with Crippen molar-refractivity contribution in [1.29, 1.82) is 0 Å². The summed E-state index contributed by atoms with van der Waals surface area (Å²) in [6, 6.07) is 23.8. The molecule has 0 bridgehead atoms. The van der Waals surface area contributed by atoms with Crippen molar-refractivity contribution in [3.05, 3.63) is 148 Å². The topological polar surface area (TPSA) is 0 Å². The average Bonchev–Trinajstić information content (AvgIpc) is 3.72. The van der Waals surface area contributed by atoms with E-state index in [0.29, 0.717) is 0 Å². The summed E-state index contributed by atoms with van der Waals surface area (Å²) in [5, 5.41) is 0. The zero-order valence-corrected chi connectivity index (χ0v) is 32.5. The van der Waals surface area contributed by atoms with E-state index in [9.17, 15) is 8.78 Å². The van der Waals surface area contributed by atoms with E-state index in [0.717, 1.165) is 13.0 Å². The molecule has 0 saturated carbocycles. The zero-order chi connectivity index (χ0) is 32.4. The van der Waals surface area contributed by atoms with Gasteiger partial charge in [0, 0.05) is 0 Å². The summed E-state index contributed by atoms with van der Waals surface area (Å²) < 4.78 is 39.5. The number of halogens is 4. The number of rotatable bonds is 4. The minimum absolute atomic E-state index is 0. The van der Waals surface area contributed by atoms with Crippen LogP contribution in [0.3, 0.4) is 0 Å². The first-order valence-electron chi connectivity index (χ1n) is 16.4. The monoisotopic (exact) mass is 756 g/mol. The Bertz CT molecular complexity index is 2160. The predicted octanol–water partition coefficient (Wildman–Crippen LogP) is 10.6. The van der Waals surface area contributed by atoms with Crippen LogP contribution in [0.1, 0.15) is 74.9 Å². The van der Waals surface area contributed by atoms with Gasteiger partial charge in [-0.05, 0) is 0 Å². The summed E-state index contributed by atoms with van der Waals surface area (Å²) in [6.45, 7) is 13.7. The molecule has 4 aromatic carbocycles. The van der Waals surface area contributed by atoms with E-state index in [-0.39, 0.29) is 53.2 Å². The first kappa shape index (κ1) is 34.9. The predicted molar refractivity (Wildman–Crippen MR) is 202 cm³/mol. The van der Waals surface area contributed by atoms with Crippen LogP contribution in [0, 0.1) is 17.6 Å². The van der Waals surface area contributed by atoms with Crippen molar-refractivity contribution in [3.8, 4) is 11.1 Å². The average molecular weight is 759 g/mol. The fourth-order valence-electron chi connectivity index (χ4n) is 9.57. The van der Waals surface area contributed by atoms with Crippen LogP contribution in [0.15, 0.2) is 103 Å². The van der Waals surface area contributed by atoms with Gasteiger partial charge < -0.3 is 0 Å². The Labute approximate surface area is 296 Å². The molecule has 0 aromatic heterocycles. The van der Waals surface area contributed by atoms with E-state index in [1.54, 1.807) is 24.3 Å². The van der Waals surface area contributed by atoms with Crippen molar-refractivity contribution in [2.75, 3.05) is 0 Å². The molecule has 1 atom stereocenters. The molecule has 4 aromatic rings. The Morgan fingerprint density at radius 1 is 0.729 bits per heavy atom. The molecule has 246 valence electrons. The van der Waals surface area contributed by atoms with Gasteiger partial charge in [0.05, 0.1) is 0 Å². The van der Waals surface area contributed by atoms with Crippen molar-refractivity contribution in [2.24, 2.45) is 5.92 Å². The van der Waals surface area contributed by atoms with Gasteiger partial charge in [0.2, 0.25) is 0 Å². The van der Waals surface area contributed by atoms with Crippen LogP contribution in [0.5, 0.6) is 0 Å². The standard InChI is InChI=1S/C23H21.C7H9.2C6H4F.CH2.2ClH.Zr/c1-22(2)7-5-14-10-18-16(12-20(14)22)9-17-13-21-15(11-19(17)18)6-8-23(21,3)4;1-6-3-4-7(2)5-6;2*7-6-4-2-1-3-5-6;;;;/h5-7,10-13H,9H2,1-4H3;3,5,7H,1-2H3;2*2-5H;1H2;2*1H;. The van der Waals surface area contributed by atoms with Crippen molar-refractivity contribution in [1.82, 2.24) is 0 Å². The van der Waals surface area contributed by atoms with Gasteiger partial charge in [0.1, 0.15) is 0 Å². The third-order valence-electron chi connectivity index (χ3n) is 11.8. The second-order valence-corrected chi connectivity index (χ2v) is 28.1. The van der Waals surface area contributed by atoms with Crippen LogP contribution in [-0.2, 0) is 35.5 Å². The molecule has 1 unspecified atom stereocenters. The van der Waals surface area contributed by atoms with Gasteiger partial charge in [0.25, 0.3) is 0 Å². The third kappa shape index (κ3) is 4.57. The molecule has 0 spiro atoms. The second-order valence-electron chi connectivity index (χ2n) is 15.4. The van der Waals surface area contributed by atoms with Gasteiger partial charge in [-0.1, -0.05) is 0 Å². The van der Waals surface area contributed by atoms with Crippen LogP contribution in [0.2, 0.25) is 0 Å². The summed E-state index contributed by atoms with van der Waals surface area (Å²) in [7, 11) is 0. The van der Waals surface area contributed by atoms with Crippen LogP contribution in [0.4, 0.5) is 8.78 Å². The van der Waals surface area contributed by atoms with Crippen molar-refractivity contribution in [3.63, 3.8) is 0 Å². The molecule has 4 aliphatic rings. The van der Waals surface area contributed by atoms with E-state index >= 15 is 0 Å². The molecule has 4 aliphatic carbocycles. The number of fused-ring (bicyclic) bond motifs is 5. The Hall–Kier alpha value is -2.97.